The smallest absolute Gasteiger partial charge is 0.331 e. The van der Waals surface area contributed by atoms with Gasteiger partial charge in [0.25, 0.3) is 0 Å². The second-order valence-electron chi connectivity index (χ2n) is 12.0. The van der Waals surface area contributed by atoms with E-state index in [0.29, 0.717) is 24.2 Å². The van der Waals surface area contributed by atoms with Crippen molar-refractivity contribution in [1.82, 2.24) is 15.0 Å². The first-order valence-corrected chi connectivity index (χ1v) is 14.9. The van der Waals surface area contributed by atoms with Gasteiger partial charge in [-0.3, -0.25) is 4.90 Å². The highest BCUT2D eigenvalue weighted by Crippen LogP contribution is 2.38. The fourth-order valence-electron chi connectivity index (χ4n) is 6.93. The van der Waals surface area contributed by atoms with E-state index in [2.05, 4.69) is 34.1 Å². The molecule has 0 aliphatic carbocycles. The quantitative estimate of drug-likeness (QED) is 0.277. The molecule has 7 rings (SSSR count). The van der Waals surface area contributed by atoms with Crippen LogP contribution in [0.15, 0.2) is 59.1 Å². The Morgan fingerprint density at radius 3 is 2.45 bits per heavy atom. The molecule has 212 valence electrons. The first kappa shape index (κ1) is 27.0. The van der Waals surface area contributed by atoms with Crippen LogP contribution in [0.3, 0.4) is 0 Å². The summed E-state index contributed by atoms with van der Waals surface area (Å²) in [4.78, 5) is 20.7. The van der Waals surface area contributed by atoms with Crippen LogP contribution in [0.4, 0.5) is 0 Å². The maximum atomic E-state index is 14.0. The van der Waals surface area contributed by atoms with Crippen molar-refractivity contribution in [2.75, 3.05) is 45.9 Å². The lowest BCUT2D eigenvalue weighted by atomic mass is 9.82. The summed E-state index contributed by atoms with van der Waals surface area (Å²) in [5.41, 5.74) is 1.18. The number of fused-ring (bicyclic) bond motifs is 3. The minimum atomic E-state index is -0.756. The van der Waals surface area contributed by atoms with Crippen molar-refractivity contribution in [3.05, 3.63) is 66.1 Å². The third-order valence-corrected chi connectivity index (χ3v) is 9.50. The molecule has 2 aromatic carbocycles. The van der Waals surface area contributed by atoms with E-state index in [-0.39, 0.29) is 12.1 Å². The lowest BCUT2D eigenvalue weighted by Crippen LogP contribution is -2.66. The number of carbonyl (C=O) groups is 1. The van der Waals surface area contributed by atoms with Crippen LogP contribution in [-0.2, 0) is 15.1 Å². The maximum absolute atomic E-state index is 14.0. The van der Waals surface area contributed by atoms with Crippen LogP contribution in [0.25, 0.3) is 11.4 Å². The number of esters is 1. The van der Waals surface area contributed by atoms with Gasteiger partial charge in [-0.15, -0.1) is 0 Å². The van der Waals surface area contributed by atoms with E-state index in [1.165, 1.54) is 6.42 Å². The van der Waals surface area contributed by atoms with Gasteiger partial charge in [-0.1, -0.05) is 41.9 Å². The molecule has 0 amide bonds. The van der Waals surface area contributed by atoms with E-state index >= 15 is 0 Å². The number of nitrogens with zero attached hydrogens (tertiary/aromatic N) is 4. The summed E-state index contributed by atoms with van der Waals surface area (Å²) in [5, 5.41) is 3.98. The molecule has 0 unspecified atom stereocenters. The molecular weight excluding hydrogens is 504 g/mol. The van der Waals surface area contributed by atoms with Crippen LogP contribution in [0.1, 0.15) is 50.5 Å². The second-order valence-corrected chi connectivity index (χ2v) is 12.0. The minimum Gasteiger partial charge on any atom is -0.488 e. The van der Waals surface area contributed by atoms with E-state index in [1.54, 1.807) is 6.92 Å². The molecule has 2 bridgehead atoms. The molecule has 3 aromatic rings. The Balaban J connectivity index is 1.09. The summed E-state index contributed by atoms with van der Waals surface area (Å²) in [5.74, 6) is 2.33. The molecule has 4 aliphatic rings. The molecule has 4 fully saturated rings. The zero-order valence-electron chi connectivity index (χ0n) is 23.8. The Labute approximate surface area is 236 Å². The summed E-state index contributed by atoms with van der Waals surface area (Å²) in [6.07, 6.45) is 5.64. The lowest BCUT2D eigenvalue weighted by molar-refractivity contribution is -0.946. The largest absolute Gasteiger partial charge is 0.488 e. The number of benzene rings is 2. The molecule has 2 atom stereocenters. The Morgan fingerprint density at radius 2 is 1.77 bits per heavy atom. The van der Waals surface area contributed by atoms with Gasteiger partial charge >= 0.3 is 5.97 Å². The second kappa shape index (κ2) is 11.3. The van der Waals surface area contributed by atoms with Gasteiger partial charge in [-0.2, -0.15) is 4.98 Å². The Bertz CT molecular complexity index is 1280. The standard InChI is InChI=1S/C32H41N4O4/c1-24-33-30(34-40-24)26-11-13-28(14-12-26)38-22-21-36-19-15-25(16-20-36)29(23-36)39-31(37)32(2,27-9-5-3-6-10-27)35-17-7-4-8-18-35/h3,5-6,9-14,25,29H,4,7-8,15-23H2,1-2H3/q+1/t25?,29-,32-,36?/m0/s1. The monoisotopic (exact) mass is 545 g/mol. The summed E-state index contributed by atoms with van der Waals surface area (Å²) in [6.45, 7) is 10.4. The predicted molar refractivity (Wildman–Crippen MR) is 152 cm³/mol. The van der Waals surface area contributed by atoms with E-state index in [9.17, 15) is 4.79 Å². The van der Waals surface area contributed by atoms with Crippen LogP contribution < -0.4 is 4.74 Å². The van der Waals surface area contributed by atoms with Gasteiger partial charge in [0.15, 0.2) is 6.10 Å². The van der Waals surface area contributed by atoms with Crippen LogP contribution >= 0.6 is 0 Å². The molecule has 0 radical (unpaired) electrons. The number of hydrogen-bond acceptors (Lipinski definition) is 7. The highest BCUT2D eigenvalue weighted by molar-refractivity contribution is 5.82. The highest BCUT2D eigenvalue weighted by atomic mass is 16.5. The molecule has 0 saturated carbocycles. The van der Waals surface area contributed by atoms with Crippen LogP contribution in [0.5, 0.6) is 5.75 Å². The zero-order chi connectivity index (χ0) is 27.6. The number of ether oxygens (including phenoxy) is 2. The van der Waals surface area contributed by atoms with Crippen molar-refractivity contribution in [2.24, 2.45) is 5.92 Å². The number of likely N-dealkylation sites (tertiary alicyclic amines) is 1. The highest BCUT2D eigenvalue weighted by Gasteiger charge is 2.50. The number of quaternary nitrogens is 1. The van der Waals surface area contributed by atoms with Gasteiger partial charge in [-0.05, 0) is 62.7 Å². The molecule has 8 nitrogen and oxygen atoms in total. The van der Waals surface area contributed by atoms with Crippen molar-refractivity contribution in [3.63, 3.8) is 0 Å². The van der Waals surface area contributed by atoms with Gasteiger partial charge in [0.2, 0.25) is 11.7 Å². The molecule has 8 heteroatoms. The molecule has 5 heterocycles. The molecule has 1 aromatic heterocycles. The van der Waals surface area contributed by atoms with Gasteiger partial charge in [0, 0.05) is 31.2 Å². The molecule has 0 N–H and O–H groups in total. The fourth-order valence-corrected chi connectivity index (χ4v) is 6.93. The maximum Gasteiger partial charge on any atom is 0.331 e. The number of aromatic nitrogens is 2. The van der Waals surface area contributed by atoms with Crippen molar-refractivity contribution in [2.45, 2.75) is 57.6 Å². The number of carbonyl (C=O) groups excluding carboxylic acids is 1. The van der Waals surface area contributed by atoms with Crippen LogP contribution in [0, 0.1) is 12.8 Å². The summed E-state index contributed by atoms with van der Waals surface area (Å²) in [7, 11) is 0. The minimum absolute atomic E-state index is 0.0412. The summed E-state index contributed by atoms with van der Waals surface area (Å²) in [6, 6.07) is 18.1. The predicted octanol–water partition coefficient (Wildman–Crippen LogP) is 4.98. The van der Waals surface area contributed by atoms with Gasteiger partial charge in [0.05, 0.1) is 13.1 Å². The number of hydrogen-bond donors (Lipinski definition) is 0. The molecular formula is C32H41N4O4+. The molecule has 0 spiro atoms. The van der Waals surface area contributed by atoms with Gasteiger partial charge in [0.1, 0.15) is 31.0 Å². The Morgan fingerprint density at radius 1 is 1.05 bits per heavy atom. The third-order valence-electron chi connectivity index (χ3n) is 9.50. The normalized spacial score (nSPS) is 26.2. The fraction of sp³-hybridized carbons (Fsp3) is 0.531. The van der Waals surface area contributed by atoms with Crippen molar-refractivity contribution in [1.29, 1.82) is 0 Å². The number of aryl methyl sites for hydroxylation is 1. The average molecular weight is 546 g/mol. The van der Waals surface area contributed by atoms with E-state index in [1.807, 2.05) is 42.5 Å². The van der Waals surface area contributed by atoms with E-state index in [0.717, 1.165) is 86.3 Å². The van der Waals surface area contributed by atoms with Crippen molar-refractivity contribution in [3.8, 4) is 17.1 Å². The van der Waals surface area contributed by atoms with Gasteiger partial charge < -0.3 is 18.5 Å². The topological polar surface area (TPSA) is 77.7 Å². The SMILES string of the molecule is Cc1nc(-c2ccc(OCC[N+]34CCC(CC3)[C@@H](OC(=O)[C@](C)(c3ccccc3)N3CCCCC3)C4)cc2)no1. The summed E-state index contributed by atoms with van der Waals surface area (Å²) < 4.78 is 18.7. The Kier molecular flexibility index (Phi) is 7.64. The third kappa shape index (κ3) is 5.39. The van der Waals surface area contributed by atoms with E-state index in [4.69, 9.17) is 14.0 Å². The van der Waals surface area contributed by atoms with Crippen molar-refractivity contribution < 1.29 is 23.3 Å². The summed E-state index contributed by atoms with van der Waals surface area (Å²) >= 11 is 0. The van der Waals surface area contributed by atoms with E-state index < -0.39 is 5.54 Å². The lowest BCUT2D eigenvalue weighted by Gasteiger charge is -2.52. The number of rotatable bonds is 9. The van der Waals surface area contributed by atoms with Crippen LogP contribution in [0.2, 0.25) is 0 Å². The average Bonchev–Trinajstić information content (AvgIpc) is 3.44. The first-order chi connectivity index (χ1) is 19.5. The molecule has 4 aliphatic heterocycles. The first-order valence-electron chi connectivity index (χ1n) is 14.9. The number of piperidine rings is 4. The Hall–Kier alpha value is -3.23. The van der Waals surface area contributed by atoms with Gasteiger partial charge in [-0.25, -0.2) is 4.79 Å². The van der Waals surface area contributed by atoms with Crippen LogP contribution in [-0.4, -0.2) is 77.5 Å². The zero-order valence-corrected chi connectivity index (χ0v) is 23.8. The molecule has 40 heavy (non-hydrogen) atoms. The molecule has 4 saturated heterocycles. The van der Waals surface area contributed by atoms with Crippen molar-refractivity contribution >= 4 is 5.97 Å².